The second-order valence-corrected chi connectivity index (χ2v) is 6.59. The minimum absolute atomic E-state index is 0.0381. The van der Waals surface area contributed by atoms with E-state index < -0.39 is 0 Å². The number of aliphatic hydroxyl groups is 1. The molecule has 2 atom stereocenters. The smallest absolute Gasteiger partial charge is 0.244 e. The van der Waals surface area contributed by atoms with Crippen LogP contribution in [0.25, 0.3) is 11.4 Å². The first kappa shape index (κ1) is 14.8. The minimum Gasteiger partial charge on any atom is -0.392 e. The quantitative estimate of drug-likeness (QED) is 0.938. The molecule has 1 aliphatic heterocycles. The van der Waals surface area contributed by atoms with Gasteiger partial charge in [0.15, 0.2) is 0 Å². The van der Waals surface area contributed by atoms with Crippen LogP contribution in [0, 0.1) is 0 Å². The van der Waals surface area contributed by atoms with Gasteiger partial charge in [0, 0.05) is 30.5 Å². The lowest BCUT2D eigenvalue weighted by Crippen LogP contribution is -2.37. The molecule has 0 aromatic carbocycles. The summed E-state index contributed by atoms with van der Waals surface area (Å²) in [6, 6.07) is 4.31. The number of hydrogen-bond acceptors (Lipinski definition) is 6. The molecule has 2 aromatic heterocycles. The van der Waals surface area contributed by atoms with Crippen molar-refractivity contribution in [3.63, 3.8) is 0 Å². The lowest BCUT2D eigenvalue weighted by Gasteiger charge is -2.33. The van der Waals surface area contributed by atoms with Gasteiger partial charge in [0.05, 0.1) is 12.1 Å². The molecule has 1 N–H and O–H groups in total. The van der Waals surface area contributed by atoms with Crippen LogP contribution in [0.15, 0.2) is 29.0 Å². The summed E-state index contributed by atoms with van der Waals surface area (Å²) in [4.78, 5) is 11.0. The molecular weight excluding hydrogens is 292 g/mol. The van der Waals surface area contributed by atoms with E-state index in [1.54, 1.807) is 12.4 Å². The number of nitrogens with zero attached hydrogens (tertiary/aromatic N) is 4. The topological polar surface area (TPSA) is 75.3 Å². The van der Waals surface area contributed by atoms with E-state index in [9.17, 15) is 5.11 Å². The zero-order chi connectivity index (χ0) is 15.6. The maximum absolute atomic E-state index is 10.1. The zero-order valence-electron chi connectivity index (χ0n) is 13.1. The number of likely N-dealkylation sites (tertiary alicyclic amines) is 1. The van der Waals surface area contributed by atoms with Crippen molar-refractivity contribution in [3.05, 3.63) is 30.4 Å². The van der Waals surface area contributed by atoms with E-state index in [1.165, 1.54) is 32.1 Å². The Morgan fingerprint density at radius 3 is 2.70 bits per heavy atom. The Bertz CT molecular complexity index is 639. The second-order valence-electron chi connectivity index (χ2n) is 6.59. The highest BCUT2D eigenvalue weighted by atomic mass is 16.5. The highest BCUT2D eigenvalue weighted by Crippen LogP contribution is 2.37. The third-order valence-electron chi connectivity index (χ3n) is 5.03. The third-order valence-corrected chi connectivity index (χ3v) is 5.03. The SMILES string of the molecule is OC1CC(c2nc(-c3ccncc3)no2)N(C2CCCCC2)C1. The van der Waals surface area contributed by atoms with Crippen LogP contribution in [0.5, 0.6) is 0 Å². The van der Waals surface area contributed by atoms with Crippen molar-refractivity contribution in [2.75, 3.05) is 6.54 Å². The van der Waals surface area contributed by atoms with E-state index in [0.717, 1.165) is 5.56 Å². The van der Waals surface area contributed by atoms with Gasteiger partial charge in [-0.2, -0.15) is 4.98 Å². The van der Waals surface area contributed by atoms with Crippen molar-refractivity contribution in [1.82, 2.24) is 20.0 Å². The largest absolute Gasteiger partial charge is 0.392 e. The van der Waals surface area contributed by atoms with E-state index >= 15 is 0 Å². The molecule has 3 heterocycles. The Balaban J connectivity index is 1.57. The Kier molecular flexibility index (Phi) is 4.10. The van der Waals surface area contributed by atoms with Gasteiger partial charge >= 0.3 is 0 Å². The fourth-order valence-electron chi connectivity index (χ4n) is 3.89. The van der Waals surface area contributed by atoms with Crippen molar-refractivity contribution < 1.29 is 9.63 Å². The fourth-order valence-corrected chi connectivity index (χ4v) is 3.89. The van der Waals surface area contributed by atoms with Gasteiger partial charge in [0.1, 0.15) is 0 Å². The fraction of sp³-hybridized carbons (Fsp3) is 0.588. The first-order valence-electron chi connectivity index (χ1n) is 8.49. The van der Waals surface area contributed by atoms with Crippen LogP contribution in [0.3, 0.4) is 0 Å². The van der Waals surface area contributed by atoms with Gasteiger partial charge < -0.3 is 9.63 Å². The van der Waals surface area contributed by atoms with Gasteiger partial charge in [0.25, 0.3) is 0 Å². The molecule has 6 nitrogen and oxygen atoms in total. The van der Waals surface area contributed by atoms with Crippen molar-refractivity contribution in [2.45, 2.75) is 56.7 Å². The van der Waals surface area contributed by atoms with Crippen LogP contribution in [-0.4, -0.2) is 43.8 Å². The van der Waals surface area contributed by atoms with E-state index in [4.69, 9.17) is 4.52 Å². The van der Waals surface area contributed by atoms with Crippen molar-refractivity contribution >= 4 is 0 Å². The summed E-state index contributed by atoms with van der Waals surface area (Å²) in [5.74, 6) is 1.21. The first-order valence-corrected chi connectivity index (χ1v) is 8.49. The van der Waals surface area contributed by atoms with Crippen molar-refractivity contribution in [1.29, 1.82) is 0 Å². The predicted molar refractivity (Wildman–Crippen MR) is 84.5 cm³/mol. The van der Waals surface area contributed by atoms with Gasteiger partial charge in [-0.3, -0.25) is 9.88 Å². The van der Waals surface area contributed by atoms with Crippen LogP contribution in [-0.2, 0) is 0 Å². The molecule has 0 radical (unpaired) electrons. The van der Waals surface area contributed by atoms with Crippen LogP contribution in [0.2, 0.25) is 0 Å². The van der Waals surface area contributed by atoms with Crippen LogP contribution >= 0.6 is 0 Å². The first-order chi connectivity index (χ1) is 11.3. The standard InChI is InChI=1S/C17H22N4O2/c22-14-10-15(21(11-14)13-4-2-1-3-5-13)17-19-16(20-23-17)12-6-8-18-9-7-12/h6-9,13-15,22H,1-5,10-11H2. The van der Waals surface area contributed by atoms with Gasteiger partial charge in [-0.25, -0.2) is 0 Å². The Morgan fingerprint density at radius 1 is 1.13 bits per heavy atom. The average molecular weight is 314 g/mol. The van der Waals surface area contributed by atoms with Crippen molar-refractivity contribution in [2.24, 2.45) is 0 Å². The molecule has 4 rings (SSSR count). The maximum atomic E-state index is 10.1. The van der Waals surface area contributed by atoms with Gasteiger partial charge in [-0.1, -0.05) is 24.4 Å². The van der Waals surface area contributed by atoms with Crippen LogP contribution in [0.1, 0.15) is 50.5 Å². The lowest BCUT2D eigenvalue weighted by atomic mass is 9.94. The predicted octanol–water partition coefficient (Wildman–Crippen LogP) is 2.57. The van der Waals surface area contributed by atoms with Crippen LogP contribution in [0.4, 0.5) is 0 Å². The number of β-amino-alcohol motifs (C(OH)–C–C–N with tert-alkyl or cyclic N) is 1. The molecule has 23 heavy (non-hydrogen) atoms. The van der Waals surface area contributed by atoms with E-state index in [2.05, 4.69) is 20.0 Å². The average Bonchev–Trinajstić information content (AvgIpc) is 3.23. The highest BCUT2D eigenvalue weighted by Gasteiger charge is 2.39. The summed E-state index contributed by atoms with van der Waals surface area (Å²) in [5.41, 5.74) is 0.901. The molecule has 6 heteroatoms. The maximum Gasteiger partial charge on any atom is 0.244 e. The number of hydrogen-bond donors (Lipinski definition) is 1. The number of pyridine rings is 1. The van der Waals surface area contributed by atoms with Gasteiger partial charge in [-0.15, -0.1) is 0 Å². The molecule has 2 aromatic rings. The molecule has 0 amide bonds. The van der Waals surface area contributed by atoms with E-state index in [1.807, 2.05) is 12.1 Å². The summed E-state index contributed by atoms with van der Waals surface area (Å²) in [6.07, 6.45) is 10.1. The molecular formula is C17H22N4O2. The molecule has 0 bridgehead atoms. The molecule has 1 saturated heterocycles. The van der Waals surface area contributed by atoms with Gasteiger partial charge in [-0.05, 0) is 31.4 Å². The molecule has 2 unspecified atom stereocenters. The monoisotopic (exact) mass is 314 g/mol. The number of aromatic nitrogens is 3. The molecule has 0 spiro atoms. The van der Waals surface area contributed by atoms with Crippen LogP contribution < -0.4 is 0 Å². The number of aliphatic hydroxyl groups excluding tert-OH is 1. The Labute approximate surface area is 135 Å². The molecule has 2 aliphatic rings. The second kappa shape index (κ2) is 6.37. The minimum atomic E-state index is -0.307. The third kappa shape index (κ3) is 3.01. The highest BCUT2D eigenvalue weighted by molar-refractivity contribution is 5.52. The van der Waals surface area contributed by atoms with Gasteiger partial charge in [0.2, 0.25) is 11.7 Å². The summed E-state index contributed by atoms with van der Waals surface area (Å²) in [7, 11) is 0. The lowest BCUT2D eigenvalue weighted by molar-refractivity contribution is 0.110. The molecule has 1 aliphatic carbocycles. The molecule has 1 saturated carbocycles. The summed E-state index contributed by atoms with van der Waals surface area (Å²) < 4.78 is 5.54. The Morgan fingerprint density at radius 2 is 1.91 bits per heavy atom. The molecule has 2 fully saturated rings. The zero-order valence-corrected chi connectivity index (χ0v) is 13.1. The number of rotatable bonds is 3. The summed E-state index contributed by atoms with van der Waals surface area (Å²) in [6.45, 7) is 0.711. The summed E-state index contributed by atoms with van der Waals surface area (Å²) >= 11 is 0. The summed E-state index contributed by atoms with van der Waals surface area (Å²) in [5, 5.41) is 14.3. The normalized spacial score (nSPS) is 26.7. The Hall–Kier alpha value is -1.79. The molecule has 122 valence electrons. The van der Waals surface area contributed by atoms with Crippen molar-refractivity contribution in [3.8, 4) is 11.4 Å². The van der Waals surface area contributed by atoms with E-state index in [-0.39, 0.29) is 12.1 Å². The van der Waals surface area contributed by atoms with E-state index in [0.29, 0.717) is 30.7 Å².